The zero-order valence-corrected chi connectivity index (χ0v) is 9.53. The van der Waals surface area contributed by atoms with Crippen LogP contribution in [0.4, 0.5) is 0 Å². The lowest BCUT2D eigenvalue weighted by atomic mass is 10.1. The minimum Gasteiger partial charge on any atom is -0.389 e. The highest BCUT2D eigenvalue weighted by Gasteiger charge is 2.01. The van der Waals surface area contributed by atoms with Gasteiger partial charge in [0.2, 0.25) is 0 Å². The number of hydrogen-bond donors (Lipinski definition) is 1. The summed E-state index contributed by atoms with van der Waals surface area (Å²) in [7, 11) is 0. The molecular formula is C15H15NO. The van der Waals surface area contributed by atoms with Crippen LogP contribution in [0.3, 0.4) is 0 Å². The predicted octanol–water partition coefficient (Wildman–Crippen LogP) is 2.70. The van der Waals surface area contributed by atoms with Crippen molar-refractivity contribution in [3.05, 3.63) is 72.1 Å². The number of nitrogens with zero attached hydrogens (tertiary/aromatic N) is 1. The van der Waals surface area contributed by atoms with E-state index < -0.39 is 6.10 Å². The maximum absolute atomic E-state index is 9.84. The normalized spacial score (nSPS) is 12.8. The van der Waals surface area contributed by atoms with E-state index in [1.54, 1.807) is 12.3 Å². The molecule has 0 bridgehead atoms. The molecule has 1 aromatic heterocycles. The molecule has 2 aromatic rings. The fourth-order valence-corrected chi connectivity index (χ4v) is 1.59. The predicted molar refractivity (Wildman–Crippen MR) is 69.4 cm³/mol. The number of aliphatic hydroxyl groups is 1. The zero-order valence-electron chi connectivity index (χ0n) is 9.53. The van der Waals surface area contributed by atoms with Gasteiger partial charge in [-0.15, -0.1) is 0 Å². The summed E-state index contributed by atoms with van der Waals surface area (Å²) in [4.78, 5) is 4.18. The Hall–Kier alpha value is -1.93. The molecule has 2 heteroatoms. The third-order valence-electron chi connectivity index (χ3n) is 2.45. The first-order valence-corrected chi connectivity index (χ1v) is 5.66. The molecule has 0 aliphatic carbocycles. The van der Waals surface area contributed by atoms with Crippen LogP contribution in [0.2, 0.25) is 0 Å². The monoisotopic (exact) mass is 225 g/mol. The zero-order chi connectivity index (χ0) is 11.9. The van der Waals surface area contributed by atoms with Crippen LogP contribution < -0.4 is 0 Å². The minimum absolute atomic E-state index is 0.495. The van der Waals surface area contributed by atoms with Crippen molar-refractivity contribution in [3.63, 3.8) is 0 Å². The summed E-state index contributed by atoms with van der Waals surface area (Å²) in [6.07, 6.45) is 5.51. The molecule has 1 heterocycles. The molecule has 0 aliphatic heterocycles. The van der Waals surface area contributed by atoms with Crippen molar-refractivity contribution >= 4 is 6.08 Å². The summed E-state index contributed by atoms with van der Waals surface area (Å²) in [6.45, 7) is 0. The van der Waals surface area contributed by atoms with E-state index in [-0.39, 0.29) is 0 Å². The number of pyridine rings is 1. The van der Waals surface area contributed by atoms with Gasteiger partial charge >= 0.3 is 0 Å². The third-order valence-corrected chi connectivity index (χ3v) is 2.45. The molecule has 0 radical (unpaired) electrons. The van der Waals surface area contributed by atoms with Gasteiger partial charge in [-0.3, -0.25) is 4.98 Å². The molecule has 0 amide bonds. The van der Waals surface area contributed by atoms with E-state index in [0.717, 1.165) is 11.3 Å². The van der Waals surface area contributed by atoms with Gasteiger partial charge < -0.3 is 5.11 Å². The molecule has 1 aromatic carbocycles. The van der Waals surface area contributed by atoms with Gasteiger partial charge in [0.25, 0.3) is 0 Å². The van der Waals surface area contributed by atoms with Gasteiger partial charge in [-0.1, -0.05) is 48.6 Å². The molecule has 2 nitrogen and oxygen atoms in total. The van der Waals surface area contributed by atoms with E-state index in [1.807, 2.05) is 54.6 Å². The molecule has 0 fully saturated rings. The van der Waals surface area contributed by atoms with Gasteiger partial charge in [0.1, 0.15) is 0 Å². The van der Waals surface area contributed by atoms with Crippen LogP contribution in [0.15, 0.2) is 60.8 Å². The van der Waals surface area contributed by atoms with E-state index in [1.165, 1.54) is 0 Å². The van der Waals surface area contributed by atoms with Crippen molar-refractivity contribution in [2.24, 2.45) is 0 Å². The van der Waals surface area contributed by atoms with Gasteiger partial charge in [-0.05, 0) is 17.7 Å². The summed E-state index contributed by atoms with van der Waals surface area (Å²) >= 11 is 0. The summed E-state index contributed by atoms with van der Waals surface area (Å²) in [5.74, 6) is 0. The first kappa shape index (κ1) is 11.6. The lowest BCUT2D eigenvalue weighted by Gasteiger charge is -2.04. The van der Waals surface area contributed by atoms with E-state index in [2.05, 4.69) is 4.98 Å². The van der Waals surface area contributed by atoms with Gasteiger partial charge in [-0.2, -0.15) is 0 Å². The second-order valence-electron chi connectivity index (χ2n) is 3.86. The van der Waals surface area contributed by atoms with Crippen molar-refractivity contribution in [3.8, 4) is 0 Å². The molecule has 0 spiro atoms. The smallest absolute Gasteiger partial charge is 0.0779 e. The quantitative estimate of drug-likeness (QED) is 0.867. The van der Waals surface area contributed by atoms with Gasteiger partial charge in [0.15, 0.2) is 0 Å². The van der Waals surface area contributed by atoms with Gasteiger partial charge in [0, 0.05) is 18.3 Å². The van der Waals surface area contributed by atoms with Crippen LogP contribution in [0.1, 0.15) is 11.3 Å². The SMILES string of the molecule is OC(/C=C/c1ccccc1)Cc1ccccn1. The molecule has 0 aliphatic rings. The number of rotatable bonds is 4. The summed E-state index contributed by atoms with van der Waals surface area (Å²) in [5, 5.41) is 9.84. The molecule has 1 unspecified atom stereocenters. The second kappa shape index (κ2) is 5.97. The fourth-order valence-electron chi connectivity index (χ4n) is 1.59. The average Bonchev–Trinajstić information content (AvgIpc) is 2.39. The maximum Gasteiger partial charge on any atom is 0.0779 e. The Labute approximate surface area is 101 Å². The Morgan fingerprint density at radius 2 is 1.82 bits per heavy atom. The first-order valence-electron chi connectivity index (χ1n) is 5.66. The Balaban J connectivity index is 1.94. The highest BCUT2D eigenvalue weighted by Crippen LogP contribution is 2.05. The average molecular weight is 225 g/mol. The van der Waals surface area contributed by atoms with Gasteiger partial charge in [0.05, 0.1) is 6.10 Å². The summed E-state index contributed by atoms with van der Waals surface area (Å²) in [5.41, 5.74) is 1.99. The number of hydrogen-bond acceptors (Lipinski definition) is 2. The number of benzene rings is 1. The van der Waals surface area contributed by atoms with Crippen LogP contribution in [0.5, 0.6) is 0 Å². The lowest BCUT2D eigenvalue weighted by Crippen LogP contribution is -2.07. The first-order chi connectivity index (χ1) is 8.34. The molecule has 86 valence electrons. The topological polar surface area (TPSA) is 33.1 Å². The molecule has 0 saturated carbocycles. The van der Waals surface area contributed by atoms with E-state index in [4.69, 9.17) is 0 Å². The van der Waals surface area contributed by atoms with Crippen LogP contribution in [0, 0.1) is 0 Å². The Morgan fingerprint density at radius 1 is 1.06 bits per heavy atom. The Morgan fingerprint density at radius 3 is 2.53 bits per heavy atom. The van der Waals surface area contributed by atoms with E-state index in [0.29, 0.717) is 6.42 Å². The highest BCUT2D eigenvalue weighted by atomic mass is 16.3. The van der Waals surface area contributed by atoms with Crippen molar-refractivity contribution in [1.82, 2.24) is 4.98 Å². The van der Waals surface area contributed by atoms with Crippen molar-refractivity contribution < 1.29 is 5.11 Å². The minimum atomic E-state index is -0.495. The van der Waals surface area contributed by atoms with E-state index >= 15 is 0 Å². The van der Waals surface area contributed by atoms with Crippen LogP contribution >= 0.6 is 0 Å². The van der Waals surface area contributed by atoms with Crippen LogP contribution in [-0.2, 0) is 6.42 Å². The Kier molecular flexibility index (Phi) is 4.05. The molecule has 1 N–H and O–H groups in total. The number of aromatic nitrogens is 1. The summed E-state index contributed by atoms with van der Waals surface area (Å²) < 4.78 is 0. The fraction of sp³-hybridized carbons (Fsp3) is 0.133. The highest BCUT2D eigenvalue weighted by molar-refractivity contribution is 5.49. The van der Waals surface area contributed by atoms with Gasteiger partial charge in [-0.25, -0.2) is 0 Å². The third kappa shape index (κ3) is 3.85. The van der Waals surface area contributed by atoms with E-state index in [9.17, 15) is 5.11 Å². The Bertz CT molecular complexity index is 465. The van der Waals surface area contributed by atoms with Crippen molar-refractivity contribution in [1.29, 1.82) is 0 Å². The summed E-state index contributed by atoms with van der Waals surface area (Å²) in [6, 6.07) is 15.6. The van der Waals surface area contributed by atoms with Crippen molar-refractivity contribution in [2.45, 2.75) is 12.5 Å². The van der Waals surface area contributed by atoms with Crippen molar-refractivity contribution in [2.75, 3.05) is 0 Å². The molecule has 2 rings (SSSR count). The largest absolute Gasteiger partial charge is 0.389 e. The standard InChI is InChI=1S/C15H15NO/c17-15(12-14-8-4-5-11-16-14)10-9-13-6-2-1-3-7-13/h1-11,15,17H,12H2/b10-9+. The van der Waals surface area contributed by atoms with Crippen LogP contribution in [0.25, 0.3) is 6.08 Å². The maximum atomic E-state index is 9.84. The number of aliphatic hydroxyl groups excluding tert-OH is 1. The van der Waals surface area contributed by atoms with Crippen LogP contribution in [-0.4, -0.2) is 16.2 Å². The molecule has 17 heavy (non-hydrogen) atoms. The molecular weight excluding hydrogens is 210 g/mol. The lowest BCUT2D eigenvalue weighted by molar-refractivity contribution is 0.223. The second-order valence-corrected chi connectivity index (χ2v) is 3.86. The molecule has 1 atom stereocenters. The molecule has 0 saturated heterocycles.